The number of nitrogens with zero attached hydrogens (tertiary/aromatic N) is 1. The van der Waals surface area contributed by atoms with Crippen LogP contribution in [0, 0.1) is 5.82 Å². The summed E-state index contributed by atoms with van der Waals surface area (Å²) in [4.78, 5) is 1.77. The third-order valence-corrected chi connectivity index (χ3v) is 3.38. The smallest absolute Gasteiger partial charge is 0.146 e. The molecule has 4 heteroatoms. The summed E-state index contributed by atoms with van der Waals surface area (Å²) in [5, 5.41) is 12.6. The molecule has 0 saturated carbocycles. The minimum absolute atomic E-state index is 0.0282. The second-order valence-corrected chi connectivity index (χ2v) is 5.85. The van der Waals surface area contributed by atoms with Crippen molar-refractivity contribution >= 4 is 5.69 Å². The van der Waals surface area contributed by atoms with Gasteiger partial charge in [-0.15, -0.1) is 0 Å². The van der Waals surface area contributed by atoms with Crippen LogP contribution in [0.25, 0.3) is 0 Å². The van der Waals surface area contributed by atoms with Gasteiger partial charge in [-0.3, -0.25) is 0 Å². The molecular weight excluding hydrogens is 243 g/mol. The molecule has 0 unspecified atom stereocenters. The minimum atomic E-state index is -0.488. The van der Waals surface area contributed by atoms with E-state index < -0.39 is 5.54 Å². The molecule has 0 bridgehead atoms. The molecule has 1 aromatic rings. The molecule has 2 N–H and O–H groups in total. The van der Waals surface area contributed by atoms with Crippen LogP contribution >= 0.6 is 0 Å². The van der Waals surface area contributed by atoms with Crippen molar-refractivity contribution in [3.05, 3.63) is 29.6 Å². The normalized spacial score (nSPS) is 12.0. The molecule has 1 aromatic carbocycles. The molecule has 19 heavy (non-hydrogen) atoms. The number of hydrogen-bond donors (Lipinski definition) is 2. The van der Waals surface area contributed by atoms with Gasteiger partial charge in [0.1, 0.15) is 5.82 Å². The number of likely N-dealkylation sites (N-methyl/N-ethyl adjacent to an activating group) is 1. The quantitative estimate of drug-likeness (QED) is 0.832. The molecule has 0 spiro atoms. The van der Waals surface area contributed by atoms with E-state index in [0.717, 1.165) is 5.56 Å². The summed E-state index contributed by atoms with van der Waals surface area (Å²) < 4.78 is 14.1. The van der Waals surface area contributed by atoms with E-state index in [1.165, 1.54) is 0 Å². The maximum Gasteiger partial charge on any atom is 0.146 e. The minimum Gasteiger partial charge on any atom is -0.394 e. The van der Waals surface area contributed by atoms with Crippen LogP contribution in [0.2, 0.25) is 0 Å². The predicted molar refractivity (Wildman–Crippen MR) is 77.9 cm³/mol. The molecule has 1 rings (SSSR count). The van der Waals surface area contributed by atoms with Crippen LogP contribution in [0.3, 0.4) is 0 Å². The van der Waals surface area contributed by atoms with Crippen LogP contribution in [0.1, 0.15) is 33.3 Å². The van der Waals surface area contributed by atoms with E-state index in [0.29, 0.717) is 18.3 Å². The van der Waals surface area contributed by atoms with E-state index in [1.807, 2.05) is 19.9 Å². The first-order chi connectivity index (χ1) is 8.77. The molecule has 0 aliphatic carbocycles. The Balaban J connectivity index is 2.88. The van der Waals surface area contributed by atoms with Crippen molar-refractivity contribution in [1.29, 1.82) is 0 Å². The van der Waals surface area contributed by atoms with Gasteiger partial charge in [0.15, 0.2) is 0 Å². The Morgan fingerprint density at radius 3 is 2.47 bits per heavy atom. The first-order valence-electron chi connectivity index (χ1n) is 6.64. The second-order valence-electron chi connectivity index (χ2n) is 5.85. The monoisotopic (exact) mass is 268 g/mol. The summed E-state index contributed by atoms with van der Waals surface area (Å²) in [7, 11) is 1.79. The van der Waals surface area contributed by atoms with Gasteiger partial charge < -0.3 is 15.3 Å². The van der Waals surface area contributed by atoms with Crippen LogP contribution in [0.4, 0.5) is 10.1 Å². The van der Waals surface area contributed by atoms with E-state index in [1.54, 1.807) is 24.1 Å². The largest absolute Gasteiger partial charge is 0.394 e. The van der Waals surface area contributed by atoms with E-state index in [9.17, 15) is 9.50 Å². The topological polar surface area (TPSA) is 35.5 Å². The van der Waals surface area contributed by atoms with Gasteiger partial charge in [0.25, 0.3) is 0 Å². The molecule has 0 aromatic heterocycles. The highest BCUT2D eigenvalue weighted by Gasteiger charge is 2.24. The van der Waals surface area contributed by atoms with Gasteiger partial charge in [0.05, 0.1) is 17.8 Å². The lowest BCUT2D eigenvalue weighted by atomic mass is 10.0. The predicted octanol–water partition coefficient (Wildman–Crippen LogP) is 2.53. The summed E-state index contributed by atoms with van der Waals surface area (Å²) in [6.45, 7) is 8.49. The summed E-state index contributed by atoms with van der Waals surface area (Å²) in [6.07, 6.45) is 0. The average molecular weight is 268 g/mol. The van der Waals surface area contributed by atoms with Gasteiger partial charge in [-0.25, -0.2) is 4.39 Å². The lowest BCUT2D eigenvalue weighted by molar-refractivity contribution is 0.215. The zero-order valence-electron chi connectivity index (χ0n) is 12.5. The zero-order chi connectivity index (χ0) is 14.6. The van der Waals surface area contributed by atoms with Crippen LogP contribution in [-0.4, -0.2) is 30.3 Å². The summed E-state index contributed by atoms with van der Waals surface area (Å²) in [5.74, 6) is -0.257. The van der Waals surface area contributed by atoms with Crippen LogP contribution in [0.5, 0.6) is 0 Å². The van der Waals surface area contributed by atoms with Crippen molar-refractivity contribution in [3.63, 3.8) is 0 Å². The highest BCUT2D eigenvalue weighted by Crippen LogP contribution is 2.25. The number of anilines is 1. The van der Waals surface area contributed by atoms with Crippen molar-refractivity contribution in [1.82, 2.24) is 5.32 Å². The zero-order valence-corrected chi connectivity index (χ0v) is 12.5. The van der Waals surface area contributed by atoms with Gasteiger partial charge in [0, 0.05) is 19.6 Å². The number of hydrogen-bond acceptors (Lipinski definition) is 3. The number of rotatable bonds is 6. The third-order valence-electron chi connectivity index (χ3n) is 3.38. The van der Waals surface area contributed by atoms with Crippen molar-refractivity contribution in [2.45, 2.75) is 45.8 Å². The molecule has 0 aliphatic heterocycles. The van der Waals surface area contributed by atoms with E-state index >= 15 is 0 Å². The standard InChI is InChI=1S/C15H25FN2O/c1-11(2)17-9-12-6-7-14(13(16)8-12)18(5)15(3,4)10-19/h6-8,11,17,19H,9-10H2,1-5H3. The van der Waals surface area contributed by atoms with Gasteiger partial charge in [0.2, 0.25) is 0 Å². The van der Waals surface area contributed by atoms with Crippen molar-refractivity contribution in [2.24, 2.45) is 0 Å². The number of benzene rings is 1. The number of aliphatic hydroxyl groups is 1. The fourth-order valence-electron chi connectivity index (χ4n) is 1.69. The highest BCUT2D eigenvalue weighted by atomic mass is 19.1. The van der Waals surface area contributed by atoms with E-state index in [-0.39, 0.29) is 12.4 Å². The molecule has 0 atom stereocenters. The number of aliphatic hydroxyl groups excluding tert-OH is 1. The molecule has 108 valence electrons. The Labute approximate surface area is 115 Å². The maximum atomic E-state index is 14.1. The van der Waals surface area contributed by atoms with E-state index in [4.69, 9.17) is 0 Å². The van der Waals surface area contributed by atoms with Gasteiger partial charge >= 0.3 is 0 Å². The Morgan fingerprint density at radius 1 is 1.37 bits per heavy atom. The lowest BCUT2D eigenvalue weighted by Gasteiger charge is -2.36. The van der Waals surface area contributed by atoms with Gasteiger partial charge in [-0.2, -0.15) is 0 Å². The molecular formula is C15H25FN2O. The molecule has 0 amide bonds. The highest BCUT2D eigenvalue weighted by molar-refractivity contribution is 5.50. The van der Waals surface area contributed by atoms with Crippen LogP contribution in [0.15, 0.2) is 18.2 Å². The Morgan fingerprint density at radius 2 is 2.00 bits per heavy atom. The fourth-order valence-corrected chi connectivity index (χ4v) is 1.69. The maximum absolute atomic E-state index is 14.1. The molecule has 0 fully saturated rings. The van der Waals surface area contributed by atoms with Crippen LogP contribution in [-0.2, 0) is 6.54 Å². The van der Waals surface area contributed by atoms with Gasteiger partial charge in [-0.05, 0) is 31.5 Å². The number of nitrogens with one attached hydrogen (secondary N) is 1. The first kappa shape index (κ1) is 15.9. The fraction of sp³-hybridized carbons (Fsp3) is 0.600. The molecule has 0 aliphatic rings. The molecule has 3 nitrogen and oxygen atoms in total. The Kier molecular flexibility index (Phi) is 5.32. The lowest BCUT2D eigenvalue weighted by Crippen LogP contribution is -2.44. The second kappa shape index (κ2) is 6.35. The van der Waals surface area contributed by atoms with Crippen LogP contribution < -0.4 is 10.2 Å². The third kappa shape index (κ3) is 4.18. The van der Waals surface area contributed by atoms with E-state index in [2.05, 4.69) is 19.2 Å². The summed E-state index contributed by atoms with van der Waals surface area (Å²) >= 11 is 0. The van der Waals surface area contributed by atoms with Crippen molar-refractivity contribution in [2.75, 3.05) is 18.6 Å². The van der Waals surface area contributed by atoms with Crippen molar-refractivity contribution in [3.8, 4) is 0 Å². The van der Waals surface area contributed by atoms with Crippen molar-refractivity contribution < 1.29 is 9.50 Å². The molecule has 0 radical (unpaired) electrons. The van der Waals surface area contributed by atoms with Gasteiger partial charge in [-0.1, -0.05) is 19.9 Å². The Bertz CT molecular complexity index is 419. The molecule has 0 heterocycles. The SMILES string of the molecule is CC(C)NCc1ccc(N(C)C(C)(C)CO)c(F)c1. The first-order valence-corrected chi connectivity index (χ1v) is 6.64. The Hall–Kier alpha value is -1.13. The number of halogens is 1. The average Bonchev–Trinajstić information content (AvgIpc) is 2.35. The summed E-state index contributed by atoms with van der Waals surface area (Å²) in [6, 6.07) is 5.61. The molecule has 0 saturated heterocycles. The summed E-state index contributed by atoms with van der Waals surface area (Å²) in [5.41, 5.74) is 0.941.